The van der Waals surface area contributed by atoms with Crippen LogP contribution in [-0.2, 0) is 71.3 Å². The highest BCUT2D eigenvalue weighted by atomic mass is 28.3. The van der Waals surface area contributed by atoms with Crippen LogP contribution in [0.2, 0.25) is 6.04 Å². The molecule has 0 aromatic carbocycles. The van der Waals surface area contributed by atoms with E-state index in [9.17, 15) is 33.6 Å². The minimum Gasteiger partial charge on any atom is -0.460 e. The Morgan fingerprint density at radius 1 is 0.435 bits per heavy atom. The van der Waals surface area contributed by atoms with Gasteiger partial charge in [-0.1, -0.05) is 0 Å². The van der Waals surface area contributed by atoms with Gasteiger partial charge < -0.3 is 78.9 Å². The van der Waals surface area contributed by atoms with Crippen LogP contribution in [0.15, 0.2) is 0 Å². The van der Waals surface area contributed by atoms with Crippen molar-refractivity contribution in [1.82, 2.24) is 31.6 Å². The van der Waals surface area contributed by atoms with E-state index in [1.165, 1.54) is 0 Å². The average molecular weight is 913 g/mol. The summed E-state index contributed by atoms with van der Waals surface area (Å²) in [5.41, 5.74) is -2.20. The molecule has 23 nitrogen and oxygen atoms in total. The lowest BCUT2D eigenvalue weighted by Crippen LogP contribution is -2.53. The molecule has 0 radical (unpaired) electrons. The van der Waals surface area contributed by atoms with Crippen molar-refractivity contribution in [3.05, 3.63) is 0 Å². The fourth-order valence-electron chi connectivity index (χ4n) is 4.28. The molecular weight excluding hydrogens is 841 g/mol. The lowest BCUT2D eigenvalue weighted by Gasteiger charge is -2.23. The summed E-state index contributed by atoms with van der Waals surface area (Å²) in [6.45, 7) is 15.0. The molecule has 0 aromatic heterocycles. The van der Waals surface area contributed by atoms with Gasteiger partial charge in [0.25, 0.3) is 0 Å². The third-order valence-electron chi connectivity index (χ3n) is 7.06. The largest absolute Gasteiger partial charge is 0.460 e. The maximum Gasteiger partial charge on any atom is 0.399 e. The van der Waals surface area contributed by atoms with Crippen molar-refractivity contribution in [2.24, 2.45) is 0 Å². The lowest BCUT2D eigenvalue weighted by molar-refractivity contribution is -0.154. The second-order valence-electron chi connectivity index (χ2n) is 15.0. The molecule has 6 amide bonds. The second-order valence-corrected chi connectivity index (χ2v) is 17.5. The smallest absolute Gasteiger partial charge is 0.399 e. The first-order valence-corrected chi connectivity index (χ1v) is 22.5. The van der Waals surface area contributed by atoms with Gasteiger partial charge in [-0.2, -0.15) is 0 Å². The fraction of sp³-hybridized carbons (Fsp3) is 0.816. The minimum atomic E-state index is -2.89. The highest BCUT2D eigenvalue weighted by Gasteiger charge is 2.28. The molecule has 0 bridgehead atoms. The molecule has 0 saturated carbocycles. The van der Waals surface area contributed by atoms with E-state index in [0.29, 0.717) is 92.5 Å². The van der Waals surface area contributed by atoms with Crippen LogP contribution in [-0.4, -0.2) is 200 Å². The quantitative estimate of drug-likeness (QED) is 0.0235. The Morgan fingerprint density at radius 3 is 1.15 bits per heavy atom. The molecule has 0 spiro atoms. The van der Waals surface area contributed by atoms with Gasteiger partial charge in [-0.25, -0.2) is 4.79 Å². The first-order valence-electron chi connectivity index (χ1n) is 20.5. The highest BCUT2D eigenvalue weighted by Crippen LogP contribution is 2.11. The maximum atomic E-state index is 12.9. The summed E-state index contributed by atoms with van der Waals surface area (Å²) in [5.74, 6) is -3.09. The van der Waals surface area contributed by atoms with E-state index < -0.39 is 81.0 Å². The van der Waals surface area contributed by atoms with Crippen LogP contribution in [0, 0.1) is 0 Å². The van der Waals surface area contributed by atoms with Crippen molar-refractivity contribution in [3.63, 3.8) is 0 Å². The summed E-state index contributed by atoms with van der Waals surface area (Å²) >= 11 is 0. The SMILES string of the molecule is COCCOCCOCCOCCOCCOCCOCCOCCNC(=O)CNC(=O)CNC(=O)CNC(=O)CNC(=O)[Si@H](CCC(=O)OC(C)(C)C)NC(=O)OC(C)(C)C. The van der Waals surface area contributed by atoms with Gasteiger partial charge in [0.2, 0.25) is 38.1 Å². The van der Waals surface area contributed by atoms with E-state index in [1.54, 1.807) is 48.7 Å². The van der Waals surface area contributed by atoms with Gasteiger partial charge in [0.05, 0.1) is 125 Å². The second kappa shape index (κ2) is 36.5. The zero-order valence-corrected chi connectivity index (χ0v) is 38.7. The van der Waals surface area contributed by atoms with Crippen LogP contribution in [0.5, 0.6) is 0 Å². The van der Waals surface area contributed by atoms with Gasteiger partial charge in [0, 0.05) is 20.1 Å². The predicted octanol–water partition coefficient (Wildman–Crippen LogP) is -1.51. The number of carbonyl (C=O) groups excluding carboxylic acids is 7. The highest BCUT2D eigenvalue weighted by molar-refractivity contribution is 6.89. The molecule has 6 N–H and O–H groups in total. The molecule has 0 saturated heterocycles. The molecule has 0 rings (SSSR count). The molecule has 24 heteroatoms. The third kappa shape index (κ3) is 40.1. The Bertz CT molecular complexity index is 1290. The lowest BCUT2D eigenvalue weighted by atomic mass is 10.2. The zero-order valence-electron chi connectivity index (χ0n) is 37.6. The first-order chi connectivity index (χ1) is 29.4. The molecule has 0 aromatic rings. The first kappa shape index (κ1) is 58.0. The Kier molecular flexibility index (Phi) is 34.1. The van der Waals surface area contributed by atoms with Crippen molar-refractivity contribution in [3.8, 4) is 0 Å². The van der Waals surface area contributed by atoms with Gasteiger partial charge in [-0.3, -0.25) is 28.8 Å². The summed E-state index contributed by atoms with van der Waals surface area (Å²) in [6.07, 6.45) is -0.983. The molecular formula is C38H72N6O17Si. The Balaban J connectivity index is 3.92. The Hall–Kier alpha value is -4.01. The number of carbonyl (C=O) groups is 7. The normalized spacial score (nSPS) is 11.9. The number of ether oxygens (including phenoxy) is 10. The van der Waals surface area contributed by atoms with Gasteiger partial charge in [0.15, 0.2) is 0 Å². The number of rotatable bonds is 37. The number of nitrogens with one attached hydrogen (secondary N) is 6. The van der Waals surface area contributed by atoms with E-state index in [-0.39, 0.29) is 32.2 Å². The number of hydrogen-bond acceptors (Lipinski definition) is 17. The summed E-state index contributed by atoms with van der Waals surface area (Å²) in [6, 6.07) is -0.000677. The standard InChI is InChI=1S/C38H72N6O17Si/c1-37(2,3)60-34(49)8-25-62(44-35(50)61-38(4,5)6)36(51)43-29-33(48)42-28-32(47)41-27-31(46)40-26-30(45)39-9-10-53-13-14-55-17-18-57-21-22-59-24-23-58-20-19-56-16-15-54-12-11-52-7/h62H,8-29H2,1-7H3,(H,39,45)(H,40,46)(H,41,47)(H,42,48)(H,43,51)(H,44,50)/t62-/m0/s1. The predicted molar refractivity (Wildman–Crippen MR) is 225 cm³/mol. The van der Waals surface area contributed by atoms with Gasteiger partial charge in [-0.15, -0.1) is 0 Å². The number of hydrogen-bond donors (Lipinski definition) is 6. The van der Waals surface area contributed by atoms with Crippen LogP contribution in [0.3, 0.4) is 0 Å². The zero-order chi connectivity index (χ0) is 46.5. The van der Waals surface area contributed by atoms with Crippen molar-refractivity contribution in [2.75, 3.05) is 139 Å². The number of esters is 1. The van der Waals surface area contributed by atoms with E-state index in [1.807, 2.05) is 0 Å². The van der Waals surface area contributed by atoms with E-state index in [4.69, 9.17) is 47.4 Å². The molecule has 62 heavy (non-hydrogen) atoms. The average Bonchev–Trinajstić information content (AvgIpc) is 3.19. The fourth-order valence-corrected chi connectivity index (χ4v) is 6.03. The Morgan fingerprint density at radius 2 is 0.774 bits per heavy atom. The van der Waals surface area contributed by atoms with Crippen LogP contribution in [0.1, 0.15) is 48.0 Å². The van der Waals surface area contributed by atoms with Crippen LogP contribution < -0.4 is 31.6 Å². The molecule has 0 fully saturated rings. The van der Waals surface area contributed by atoms with Crippen LogP contribution >= 0.6 is 0 Å². The van der Waals surface area contributed by atoms with E-state index >= 15 is 0 Å². The molecule has 0 aliphatic carbocycles. The monoisotopic (exact) mass is 912 g/mol. The van der Waals surface area contributed by atoms with Crippen LogP contribution in [0.25, 0.3) is 0 Å². The van der Waals surface area contributed by atoms with Crippen molar-refractivity contribution in [2.45, 2.75) is 65.2 Å². The number of methoxy groups -OCH3 is 1. The van der Waals surface area contributed by atoms with Gasteiger partial charge in [0.1, 0.15) is 11.2 Å². The summed E-state index contributed by atoms with van der Waals surface area (Å²) in [7, 11) is -1.27. The molecule has 1 atom stereocenters. The van der Waals surface area contributed by atoms with Crippen molar-refractivity contribution < 1.29 is 80.9 Å². The van der Waals surface area contributed by atoms with Gasteiger partial charge in [-0.05, 0) is 47.6 Å². The maximum absolute atomic E-state index is 12.9. The summed E-state index contributed by atoms with van der Waals surface area (Å²) in [4.78, 5) is 88.4. The molecule has 0 aliphatic heterocycles. The molecule has 0 heterocycles. The van der Waals surface area contributed by atoms with E-state index in [0.717, 1.165) is 0 Å². The van der Waals surface area contributed by atoms with E-state index in [2.05, 4.69) is 31.6 Å². The molecule has 0 aliphatic rings. The van der Waals surface area contributed by atoms with Crippen molar-refractivity contribution >= 4 is 50.2 Å². The summed E-state index contributed by atoms with van der Waals surface area (Å²) in [5, 5.41) is 11.9. The topological polar surface area (TPSA) is 284 Å². The molecule has 0 unspecified atom stereocenters. The molecule has 360 valence electrons. The van der Waals surface area contributed by atoms with Gasteiger partial charge >= 0.3 is 12.1 Å². The van der Waals surface area contributed by atoms with Crippen molar-refractivity contribution in [1.29, 1.82) is 0 Å². The minimum absolute atomic E-state index is 0.000677. The Labute approximate surface area is 366 Å². The third-order valence-corrected chi connectivity index (χ3v) is 9.35. The van der Waals surface area contributed by atoms with Crippen LogP contribution in [0.4, 0.5) is 9.59 Å². The summed E-state index contributed by atoms with van der Waals surface area (Å²) < 4.78 is 53.2. The number of amides is 6.